The Hall–Kier alpha value is -1.08. The van der Waals surface area contributed by atoms with Crippen LogP contribution >= 0.6 is 0 Å². The average molecular weight is 244 g/mol. The third kappa shape index (κ3) is 2.67. The van der Waals surface area contributed by atoms with Crippen molar-refractivity contribution in [1.29, 1.82) is 0 Å². The van der Waals surface area contributed by atoms with Gasteiger partial charge in [-0.15, -0.1) is 0 Å². The molecule has 3 atom stereocenters. The van der Waals surface area contributed by atoms with Crippen LogP contribution in [0.3, 0.4) is 0 Å². The average Bonchev–Trinajstić information content (AvgIpc) is 3.06. The highest BCUT2D eigenvalue weighted by molar-refractivity contribution is 5.34. The summed E-state index contributed by atoms with van der Waals surface area (Å²) in [5, 5.41) is 9.88. The Morgan fingerprint density at radius 3 is 2.56 bits per heavy atom. The highest BCUT2D eigenvalue weighted by Gasteiger charge is 2.56. The molecule has 1 nitrogen and oxygen atoms in total. The number of benzene rings is 1. The minimum Gasteiger partial charge on any atom is -0.393 e. The second-order valence-electron chi connectivity index (χ2n) is 5.89. The highest BCUT2D eigenvalue weighted by atomic mass is 16.3. The Morgan fingerprint density at radius 1 is 1.39 bits per heavy atom. The van der Waals surface area contributed by atoms with E-state index >= 15 is 0 Å². The van der Waals surface area contributed by atoms with Crippen LogP contribution in [-0.2, 0) is 5.41 Å². The van der Waals surface area contributed by atoms with Gasteiger partial charge in [0.2, 0.25) is 0 Å². The van der Waals surface area contributed by atoms with Crippen LogP contribution in [0.15, 0.2) is 42.0 Å². The summed E-state index contributed by atoms with van der Waals surface area (Å²) in [4.78, 5) is 0. The van der Waals surface area contributed by atoms with Crippen LogP contribution < -0.4 is 0 Å². The normalized spacial score (nSPS) is 27.7. The maximum atomic E-state index is 9.88. The van der Waals surface area contributed by atoms with Crippen molar-refractivity contribution in [1.82, 2.24) is 0 Å². The number of hydrogen-bond donors (Lipinski definition) is 1. The summed E-state index contributed by atoms with van der Waals surface area (Å²) in [5.41, 5.74) is 3.01. The van der Waals surface area contributed by atoms with Gasteiger partial charge in [-0.1, -0.05) is 42.0 Å². The molecule has 1 aliphatic carbocycles. The van der Waals surface area contributed by atoms with Crippen molar-refractivity contribution in [2.45, 2.75) is 51.6 Å². The third-order valence-corrected chi connectivity index (χ3v) is 4.21. The molecule has 1 aliphatic rings. The first-order valence-corrected chi connectivity index (χ1v) is 6.93. The second kappa shape index (κ2) is 5.27. The molecule has 0 aromatic heterocycles. The van der Waals surface area contributed by atoms with Crippen LogP contribution in [0, 0.1) is 5.92 Å². The summed E-state index contributed by atoms with van der Waals surface area (Å²) < 4.78 is 0. The van der Waals surface area contributed by atoms with Crippen LogP contribution in [-0.4, -0.2) is 11.2 Å². The van der Waals surface area contributed by atoms with Crippen molar-refractivity contribution in [3.63, 3.8) is 0 Å². The predicted octanol–water partition coefficient (Wildman–Crippen LogP) is 4.07. The molecule has 0 amide bonds. The van der Waals surface area contributed by atoms with E-state index in [0.29, 0.717) is 5.92 Å². The summed E-state index contributed by atoms with van der Waals surface area (Å²) >= 11 is 0. The standard InChI is InChI=1S/C17H24O/c1-13(2)8-7-11-17(12-16(17)14(3)18)15-9-5-4-6-10-15/h4-6,8-10,14,16,18H,7,11-12H2,1-3H3. The molecule has 0 aliphatic heterocycles. The molecule has 1 heteroatoms. The molecule has 1 fully saturated rings. The minimum absolute atomic E-state index is 0.197. The topological polar surface area (TPSA) is 20.2 Å². The number of hydrogen-bond acceptors (Lipinski definition) is 1. The smallest absolute Gasteiger partial charge is 0.0549 e. The van der Waals surface area contributed by atoms with Gasteiger partial charge in [-0.05, 0) is 51.5 Å². The zero-order valence-electron chi connectivity index (χ0n) is 11.7. The molecule has 0 bridgehead atoms. The van der Waals surface area contributed by atoms with Gasteiger partial charge in [0, 0.05) is 5.41 Å². The maximum Gasteiger partial charge on any atom is 0.0549 e. The minimum atomic E-state index is -0.197. The van der Waals surface area contributed by atoms with Crippen LogP contribution in [0.4, 0.5) is 0 Å². The molecular weight excluding hydrogens is 220 g/mol. The molecule has 1 saturated carbocycles. The van der Waals surface area contributed by atoms with E-state index in [9.17, 15) is 5.11 Å². The summed E-state index contributed by atoms with van der Waals surface area (Å²) in [5.74, 6) is 0.436. The fourth-order valence-corrected chi connectivity index (χ4v) is 3.12. The van der Waals surface area contributed by atoms with Gasteiger partial charge in [-0.2, -0.15) is 0 Å². The molecule has 18 heavy (non-hydrogen) atoms. The monoisotopic (exact) mass is 244 g/mol. The molecule has 1 aromatic carbocycles. The summed E-state index contributed by atoms with van der Waals surface area (Å²) in [6.45, 7) is 6.22. The molecule has 0 spiro atoms. The van der Waals surface area contributed by atoms with Gasteiger partial charge in [0.25, 0.3) is 0 Å². The van der Waals surface area contributed by atoms with Crippen LogP contribution in [0.2, 0.25) is 0 Å². The molecule has 3 unspecified atom stereocenters. The van der Waals surface area contributed by atoms with Crippen molar-refractivity contribution in [2.75, 3.05) is 0 Å². The van der Waals surface area contributed by atoms with Crippen molar-refractivity contribution in [3.05, 3.63) is 47.5 Å². The van der Waals surface area contributed by atoms with Gasteiger partial charge in [-0.25, -0.2) is 0 Å². The van der Waals surface area contributed by atoms with E-state index < -0.39 is 0 Å². The van der Waals surface area contributed by atoms with Crippen molar-refractivity contribution in [2.24, 2.45) is 5.92 Å². The predicted molar refractivity (Wildman–Crippen MR) is 76.6 cm³/mol. The number of aliphatic hydroxyl groups excluding tert-OH is 1. The number of rotatable bonds is 5. The van der Waals surface area contributed by atoms with E-state index in [1.54, 1.807) is 0 Å². The van der Waals surface area contributed by atoms with Gasteiger partial charge in [0.1, 0.15) is 0 Å². The van der Waals surface area contributed by atoms with Crippen LogP contribution in [0.25, 0.3) is 0 Å². The zero-order valence-corrected chi connectivity index (χ0v) is 11.7. The number of aliphatic hydroxyl groups is 1. The van der Waals surface area contributed by atoms with Gasteiger partial charge >= 0.3 is 0 Å². The molecule has 2 rings (SSSR count). The Balaban J connectivity index is 2.14. The van der Waals surface area contributed by atoms with Gasteiger partial charge in [-0.3, -0.25) is 0 Å². The molecule has 0 heterocycles. The first-order valence-electron chi connectivity index (χ1n) is 6.93. The molecule has 1 aromatic rings. The molecule has 1 N–H and O–H groups in total. The highest BCUT2D eigenvalue weighted by Crippen LogP contribution is 2.58. The largest absolute Gasteiger partial charge is 0.393 e. The lowest BCUT2D eigenvalue weighted by Gasteiger charge is -2.19. The summed E-state index contributed by atoms with van der Waals surface area (Å²) in [6.07, 6.45) is 5.50. The summed E-state index contributed by atoms with van der Waals surface area (Å²) in [6, 6.07) is 10.7. The van der Waals surface area contributed by atoms with Gasteiger partial charge < -0.3 is 5.11 Å². The molecule has 0 saturated heterocycles. The fraction of sp³-hybridized carbons (Fsp3) is 0.529. The third-order valence-electron chi connectivity index (χ3n) is 4.21. The Bertz CT molecular complexity index is 414. The summed E-state index contributed by atoms with van der Waals surface area (Å²) in [7, 11) is 0. The van der Waals surface area contributed by atoms with Gasteiger partial charge in [0.15, 0.2) is 0 Å². The molecule has 0 radical (unpaired) electrons. The van der Waals surface area contributed by atoms with E-state index in [0.717, 1.165) is 19.3 Å². The van der Waals surface area contributed by atoms with Crippen LogP contribution in [0.5, 0.6) is 0 Å². The van der Waals surface area contributed by atoms with Gasteiger partial charge in [0.05, 0.1) is 6.10 Å². The lowest BCUT2D eigenvalue weighted by Crippen LogP contribution is -2.16. The van der Waals surface area contributed by atoms with Crippen molar-refractivity contribution >= 4 is 0 Å². The molecule has 98 valence electrons. The van der Waals surface area contributed by atoms with Crippen molar-refractivity contribution < 1.29 is 5.11 Å². The lowest BCUT2D eigenvalue weighted by molar-refractivity contribution is 0.159. The first-order chi connectivity index (χ1) is 8.56. The fourth-order valence-electron chi connectivity index (χ4n) is 3.12. The Morgan fingerprint density at radius 2 is 2.06 bits per heavy atom. The van der Waals surface area contributed by atoms with E-state index in [1.165, 1.54) is 11.1 Å². The number of allylic oxidation sites excluding steroid dienone is 2. The Kier molecular flexibility index (Phi) is 3.91. The quantitative estimate of drug-likeness (QED) is 0.774. The lowest BCUT2D eigenvalue weighted by atomic mass is 9.87. The van der Waals surface area contributed by atoms with E-state index in [2.05, 4.69) is 50.3 Å². The van der Waals surface area contributed by atoms with Crippen LogP contribution in [0.1, 0.15) is 45.6 Å². The maximum absolute atomic E-state index is 9.88. The zero-order chi connectivity index (χ0) is 13.2. The van der Waals surface area contributed by atoms with E-state index in [4.69, 9.17) is 0 Å². The van der Waals surface area contributed by atoms with E-state index in [1.807, 2.05) is 6.92 Å². The second-order valence-corrected chi connectivity index (χ2v) is 5.89. The Labute approximate surface area is 111 Å². The first kappa shape index (κ1) is 13.4. The van der Waals surface area contributed by atoms with E-state index in [-0.39, 0.29) is 11.5 Å². The SMILES string of the molecule is CC(C)=CCCC1(c2ccccc2)CC1C(C)O. The molecular formula is C17H24O. The van der Waals surface area contributed by atoms with Crippen molar-refractivity contribution in [3.8, 4) is 0 Å².